The van der Waals surface area contributed by atoms with Gasteiger partial charge in [0.15, 0.2) is 0 Å². The van der Waals surface area contributed by atoms with Crippen molar-refractivity contribution in [1.29, 1.82) is 0 Å². The molecule has 0 unspecified atom stereocenters. The molecule has 232 valence electrons. The molecule has 0 aliphatic rings. The average molecular weight is 563 g/mol. The van der Waals surface area contributed by atoms with Crippen LogP contribution in [0.1, 0.15) is 153 Å². The number of hydrogen-bond acceptors (Lipinski definition) is 1. The van der Waals surface area contributed by atoms with E-state index in [0.717, 1.165) is 70.6 Å². The van der Waals surface area contributed by atoms with Gasteiger partial charge in [0.1, 0.15) is 0 Å². The maximum Gasteiger partial charge on any atom is 0.0591 e. The van der Waals surface area contributed by atoms with Crippen molar-refractivity contribution in [2.75, 3.05) is 0 Å². The fourth-order valence-electron chi connectivity index (χ4n) is 4.59. The number of rotatable bonds is 21. The Hall–Kier alpha value is -2.12. The van der Waals surface area contributed by atoms with Crippen molar-refractivity contribution in [2.45, 2.75) is 158 Å². The molecule has 0 aliphatic heterocycles. The molecule has 1 heteroatoms. The zero-order valence-corrected chi connectivity index (χ0v) is 28.8. The SMILES string of the molecule is CC(C)=CCC/C(C)=C/CC/C(C)=C/CC/C(C)=C/C=C/C=C(\C)CC/C=C(\C)CC/C=C(\C)CCCC(C)(C)O. The zero-order valence-electron chi connectivity index (χ0n) is 28.8. The van der Waals surface area contributed by atoms with Gasteiger partial charge in [-0.2, -0.15) is 0 Å². The highest BCUT2D eigenvalue weighted by molar-refractivity contribution is 5.19. The second-order valence-electron chi connectivity index (χ2n) is 13.3. The molecule has 0 aromatic carbocycles. The summed E-state index contributed by atoms with van der Waals surface area (Å²) >= 11 is 0. The van der Waals surface area contributed by atoms with Crippen LogP contribution in [0.5, 0.6) is 0 Å². The Balaban J connectivity index is 4.26. The minimum absolute atomic E-state index is 0.545. The summed E-state index contributed by atoms with van der Waals surface area (Å²) in [6, 6.07) is 0. The van der Waals surface area contributed by atoms with Crippen LogP contribution >= 0.6 is 0 Å². The Morgan fingerprint density at radius 3 is 1.12 bits per heavy atom. The largest absolute Gasteiger partial charge is 0.390 e. The van der Waals surface area contributed by atoms with Gasteiger partial charge in [0, 0.05) is 0 Å². The summed E-state index contributed by atoms with van der Waals surface area (Å²) in [5.74, 6) is 0. The zero-order chi connectivity index (χ0) is 31.1. The molecule has 0 saturated heterocycles. The third-order valence-corrected chi connectivity index (χ3v) is 7.45. The van der Waals surface area contributed by atoms with E-state index in [-0.39, 0.29) is 0 Å². The first-order chi connectivity index (χ1) is 19.3. The Morgan fingerprint density at radius 1 is 0.463 bits per heavy atom. The lowest BCUT2D eigenvalue weighted by Crippen LogP contribution is -2.17. The average Bonchev–Trinajstić information content (AvgIpc) is 2.85. The first-order valence-electron chi connectivity index (χ1n) is 16.3. The Bertz CT molecular complexity index is 959. The molecule has 0 heterocycles. The van der Waals surface area contributed by atoms with E-state index in [9.17, 15) is 5.11 Å². The van der Waals surface area contributed by atoms with E-state index in [1.165, 1.54) is 51.9 Å². The van der Waals surface area contributed by atoms with E-state index >= 15 is 0 Å². The molecule has 0 amide bonds. The third kappa shape index (κ3) is 27.8. The maximum absolute atomic E-state index is 9.84. The first kappa shape index (κ1) is 38.9. The van der Waals surface area contributed by atoms with Gasteiger partial charge in [-0.25, -0.2) is 0 Å². The lowest BCUT2D eigenvalue weighted by atomic mass is 9.99. The number of aliphatic hydroxyl groups is 1. The van der Waals surface area contributed by atoms with E-state index < -0.39 is 5.60 Å². The van der Waals surface area contributed by atoms with Gasteiger partial charge in [-0.1, -0.05) is 93.7 Å². The van der Waals surface area contributed by atoms with Gasteiger partial charge in [0.05, 0.1) is 5.60 Å². The molecule has 0 bridgehead atoms. The second kappa shape index (κ2) is 23.4. The smallest absolute Gasteiger partial charge is 0.0591 e. The topological polar surface area (TPSA) is 20.2 Å². The van der Waals surface area contributed by atoms with Gasteiger partial charge >= 0.3 is 0 Å². The lowest BCUT2D eigenvalue weighted by Gasteiger charge is -2.16. The Kier molecular flexibility index (Phi) is 22.2. The van der Waals surface area contributed by atoms with E-state index in [1.54, 1.807) is 0 Å². The van der Waals surface area contributed by atoms with Crippen molar-refractivity contribution >= 4 is 0 Å². The minimum atomic E-state index is -0.545. The van der Waals surface area contributed by atoms with Gasteiger partial charge in [0.25, 0.3) is 0 Å². The van der Waals surface area contributed by atoms with Crippen LogP contribution in [0.2, 0.25) is 0 Å². The summed E-state index contributed by atoms with van der Waals surface area (Å²) in [5.41, 5.74) is 9.69. The van der Waals surface area contributed by atoms with Crippen molar-refractivity contribution in [3.8, 4) is 0 Å². The van der Waals surface area contributed by atoms with Crippen LogP contribution in [0.3, 0.4) is 0 Å². The fourth-order valence-corrected chi connectivity index (χ4v) is 4.59. The van der Waals surface area contributed by atoms with Crippen LogP contribution < -0.4 is 0 Å². The Labute approximate surface area is 256 Å². The third-order valence-electron chi connectivity index (χ3n) is 7.45. The molecule has 0 saturated carbocycles. The molecular formula is C40H66O. The Morgan fingerprint density at radius 2 is 0.780 bits per heavy atom. The van der Waals surface area contributed by atoms with Gasteiger partial charge in [-0.15, -0.1) is 0 Å². The van der Waals surface area contributed by atoms with Crippen LogP contribution in [0.4, 0.5) is 0 Å². The summed E-state index contributed by atoms with van der Waals surface area (Å²) in [6.45, 7) is 21.6. The van der Waals surface area contributed by atoms with Crippen LogP contribution in [0.25, 0.3) is 0 Å². The van der Waals surface area contributed by atoms with E-state index in [0.29, 0.717) is 0 Å². The van der Waals surface area contributed by atoms with Crippen molar-refractivity contribution in [3.05, 3.63) is 93.7 Å². The van der Waals surface area contributed by atoms with Gasteiger partial charge in [-0.05, 0) is 153 Å². The van der Waals surface area contributed by atoms with Crippen LogP contribution in [0, 0.1) is 0 Å². The molecule has 1 nitrogen and oxygen atoms in total. The van der Waals surface area contributed by atoms with Crippen molar-refractivity contribution in [1.82, 2.24) is 0 Å². The predicted molar refractivity (Wildman–Crippen MR) is 187 cm³/mol. The summed E-state index contributed by atoms with van der Waals surface area (Å²) in [6.07, 6.45) is 35.3. The number of allylic oxidation sites excluding steroid dienone is 16. The van der Waals surface area contributed by atoms with Crippen LogP contribution in [-0.2, 0) is 0 Å². The van der Waals surface area contributed by atoms with Crippen molar-refractivity contribution in [3.63, 3.8) is 0 Å². The first-order valence-corrected chi connectivity index (χ1v) is 16.3. The molecule has 0 atom stereocenters. The summed E-state index contributed by atoms with van der Waals surface area (Å²) in [7, 11) is 0. The number of hydrogen-bond donors (Lipinski definition) is 1. The highest BCUT2D eigenvalue weighted by atomic mass is 16.3. The predicted octanol–water partition coefficient (Wildman–Crippen LogP) is 13.0. The molecule has 0 aromatic rings. The van der Waals surface area contributed by atoms with Crippen molar-refractivity contribution < 1.29 is 5.11 Å². The van der Waals surface area contributed by atoms with E-state index in [2.05, 4.69) is 110 Å². The van der Waals surface area contributed by atoms with Gasteiger partial charge in [-0.3, -0.25) is 0 Å². The highest BCUT2D eigenvalue weighted by Crippen LogP contribution is 2.17. The molecule has 0 rings (SSSR count). The van der Waals surface area contributed by atoms with Crippen molar-refractivity contribution in [2.24, 2.45) is 0 Å². The minimum Gasteiger partial charge on any atom is -0.390 e. The van der Waals surface area contributed by atoms with E-state index in [1.807, 2.05) is 13.8 Å². The molecule has 0 radical (unpaired) electrons. The molecule has 0 fully saturated rings. The second-order valence-corrected chi connectivity index (χ2v) is 13.3. The van der Waals surface area contributed by atoms with Gasteiger partial charge < -0.3 is 5.11 Å². The summed E-state index contributed by atoms with van der Waals surface area (Å²) in [5, 5.41) is 9.84. The van der Waals surface area contributed by atoms with Crippen LogP contribution in [-0.4, -0.2) is 10.7 Å². The molecular weight excluding hydrogens is 496 g/mol. The normalized spacial score (nSPS) is 14.8. The van der Waals surface area contributed by atoms with E-state index in [4.69, 9.17) is 0 Å². The molecule has 1 N–H and O–H groups in total. The molecule has 41 heavy (non-hydrogen) atoms. The maximum atomic E-state index is 9.84. The van der Waals surface area contributed by atoms with Crippen LogP contribution in [0.15, 0.2) is 93.7 Å². The van der Waals surface area contributed by atoms with Gasteiger partial charge in [0.2, 0.25) is 0 Å². The monoisotopic (exact) mass is 563 g/mol. The highest BCUT2D eigenvalue weighted by Gasteiger charge is 2.11. The fraction of sp³-hybridized carbons (Fsp3) is 0.600. The summed E-state index contributed by atoms with van der Waals surface area (Å²) < 4.78 is 0. The molecule has 0 aliphatic carbocycles. The lowest BCUT2D eigenvalue weighted by molar-refractivity contribution is 0.0689. The molecule has 0 aromatic heterocycles. The standard InChI is InChI=1S/C40H66O/c1-33(2)19-13-22-36(5)25-16-28-37(6)26-14-23-34(3)20-11-12-21-35(4)24-15-27-38(7)29-17-30-39(8)31-18-32-40(9,10)41/h11-12,19-21,25-27,30,41H,13-18,22-24,28-29,31-32H2,1-10H3/b12-11+,34-20+,35-21+,36-25+,37-26+,38-27+,39-30+. The molecule has 0 spiro atoms. The quantitative estimate of drug-likeness (QED) is 0.109. The summed E-state index contributed by atoms with van der Waals surface area (Å²) in [4.78, 5) is 0.